The molecule has 210 valence electrons. The van der Waals surface area contributed by atoms with Crippen molar-refractivity contribution in [3.8, 4) is 33.5 Å². The van der Waals surface area contributed by atoms with Crippen molar-refractivity contribution in [3.05, 3.63) is 150 Å². The third kappa shape index (κ3) is 3.63. The summed E-state index contributed by atoms with van der Waals surface area (Å²) in [6.07, 6.45) is 1.88. The number of para-hydroxylation sites is 1. The first-order chi connectivity index (χ1) is 22.0. The zero-order valence-electron chi connectivity index (χ0n) is 25.0. The van der Waals surface area contributed by atoms with Crippen LogP contribution in [0.15, 0.2) is 128 Å². The first-order valence-corrected chi connectivity index (χ1v) is 15.3. The lowest BCUT2D eigenvalue weighted by Gasteiger charge is -2.22. The molecule has 0 fully saturated rings. The van der Waals surface area contributed by atoms with E-state index in [4.69, 9.17) is 16.5 Å². The summed E-state index contributed by atoms with van der Waals surface area (Å²) in [6.45, 7) is 12.0. The Morgan fingerprint density at radius 1 is 0.578 bits per heavy atom. The first-order valence-electron chi connectivity index (χ1n) is 15.3. The fraction of sp³-hybridized carbons (Fsp3) is 0.0714. The standard InChI is InChI=1S/C42H27N3/c1-42(2)35-23-27(18-20-29(35)30-21-19-28(43-3)24-36(30)42)25-14-16-26(17-15-25)40-39-34-12-8-22-44-41(34)32-10-5-4-9-31(32)38(39)33-11-6-7-13-37(33)45-40/h4-24H,1-2H3. The van der Waals surface area contributed by atoms with E-state index in [1.807, 2.05) is 18.3 Å². The molecule has 0 saturated carbocycles. The molecule has 0 spiro atoms. The van der Waals surface area contributed by atoms with E-state index in [9.17, 15) is 0 Å². The number of benzene rings is 6. The second-order valence-electron chi connectivity index (χ2n) is 12.5. The molecule has 1 aliphatic carbocycles. The van der Waals surface area contributed by atoms with E-state index in [0.29, 0.717) is 5.69 Å². The van der Waals surface area contributed by atoms with Gasteiger partial charge in [0, 0.05) is 44.1 Å². The van der Waals surface area contributed by atoms with Crippen LogP contribution in [0.25, 0.3) is 81.7 Å². The maximum Gasteiger partial charge on any atom is 0.187 e. The number of aromatic nitrogens is 2. The van der Waals surface area contributed by atoms with E-state index in [1.165, 1.54) is 38.6 Å². The van der Waals surface area contributed by atoms with Crippen LogP contribution in [-0.2, 0) is 5.41 Å². The molecule has 0 atom stereocenters. The predicted molar refractivity (Wildman–Crippen MR) is 187 cm³/mol. The highest BCUT2D eigenvalue weighted by Crippen LogP contribution is 2.51. The normalized spacial score (nSPS) is 13.3. The summed E-state index contributed by atoms with van der Waals surface area (Å²) in [7, 11) is 0. The van der Waals surface area contributed by atoms with Gasteiger partial charge in [-0.25, -0.2) is 9.83 Å². The zero-order chi connectivity index (χ0) is 30.3. The molecule has 0 aliphatic heterocycles. The highest BCUT2D eigenvalue weighted by Gasteiger charge is 2.35. The van der Waals surface area contributed by atoms with Gasteiger partial charge in [-0.15, -0.1) is 0 Å². The van der Waals surface area contributed by atoms with Crippen molar-refractivity contribution in [1.82, 2.24) is 9.97 Å². The van der Waals surface area contributed by atoms with Crippen LogP contribution in [-0.4, -0.2) is 9.97 Å². The summed E-state index contributed by atoms with van der Waals surface area (Å²) in [5.74, 6) is 0. The molecule has 2 heterocycles. The molecular formula is C42H27N3. The molecule has 45 heavy (non-hydrogen) atoms. The van der Waals surface area contributed by atoms with Gasteiger partial charge in [0.15, 0.2) is 5.69 Å². The Labute approximate surface area is 261 Å². The highest BCUT2D eigenvalue weighted by atomic mass is 14.7. The van der Waals surface area contributed by atoms with E-state index in [-0.39, 0.29) is 5.41 Å². The first kappa shape index (κ1) is 25.6. The average molecular weight is 574 g/mol. The Morgan fingerprint density at radius 3 is 2.02 bits per heavy atom. The maximum absolute atomic E-state index is 7.50. The SMILES string of the molecule is [C-]#[N+]c1ccc2c(c1)C(C)(C)c1cc(-c3ccc(-c4nc5ccccc5c5c6ccccc6c6ncccc6c45)cc3)ccc1-2. The third-order valence-electron chi connectivity index (χ3n) is 9.70. The lowest BCUT2D eigenvalue weighted by atomic mass is 9.81. The van der Waals surface area contributed by atoms with Gasteiger partial charge in [0.1, 0.15) is 0 Å². The van der Waals surface area contributed by atoms with Crippen molar-refractivity contribution in [3.63, 3.8) is 0 Å². The van der Waals surface area contributed by atoms with Crippen LogP contribution in [0.3, 0.4) is 0 Å². The minimum absolute atomic E-state index is 0.173. The molecule has 0 unspecified atom stereocenters. The number of hydrogen-bond acceptors (Lipinski definition) is 2. The highest BCUT2D eigenvalue weighted by molar-refractivity contribution is 6.32. The van der Waals surface area contributed by atoms with Crippen molar-refractivity contribution in [2.24, 2.45) is 0 Å². The monoisotopic (exact) mass is 573 g/mol. The van der Waals surface area contributed by atoms with E-state index in [0.717, 1.165) is 49.4 Å². The molecule has 3 nitrogen and oxygen atoms in total. The van der Waals surface area contributed by atoms with Crippen LogP contribution in [0.5, 0.6) is 0 Å². The van der Waals surface area contributed by atoms with Crippen LogP contribution in [0.4, 0.5) is 5.69 Å². The van der Waals surface area contributed by atoms with Gasteiger partial charge < -0.3 is 0 Å². The van der Waals surface area contributed by atoms with Gasteiger partial charge in [-0.3, -0.25) is 4.98 Å². The Hall–Kier alpha value is -5.85. The second-order valence-corrected chi connectivity index (χ2v) is 12.5. The quantitative estimate of drug-likeness (QED) is 0.152. The molecule has 8 aromatic rings. The predicted octanol–water partition coefficient (Wildman–Crippen LogP) is 11.3. The van der Waals surface area contributed by atoms with E-state index in [2.05, 4.69) is 128 Å². The molecule has 9 rings (SSSR count). The molecule has 0 N–H and O–H groups in total. The molecule has 1 aliphatic rings. The Morgan fingerprint density at radius 2 is 1.22 bits per heavy atom. The minimum Gasteiger partial charge on any atom is -0.256 e. The fourth-order valence-electron chi connectivity index (χ4n) is 7.49. The van der Waals surface area contributed by atoms with Crippen LogP contribution >= 0.6 is 0 Å². The average Bonchev–Trinajstić information content (AvgIpc) is 3.32. The summed E-state index contributed by atoms with van der Waals surface area (Å²) in [4.78, 5) is 13.8. The van der Waals surface area contributed by atoms with Gasteiger partial charge in [0.2, 0.25) is 0 Å². The van der Waals surface area contributed by atoms with Gasteiger partial charge in [0.05, 0.1) is 23.3 Å². The lowest BCUT2D eigenvalue weighted by molar-refractivity contribution is 0.661. The molecular weight excluding hydrogens is 546 g/mol. The smallest absolute Gasteiger partial charge is 0.187 e. The minimum atomic E-state index is -0.173. The zero-order valence-corrected chi connectivity index (χ0v) is 25.0. The van der Waals surface area contributed by atoms with Crippen molar-refractivity contribution in [2.75, 3.05) is 0 Å². The molecule has 2 aromatic heterocycles. The summed E-state index contributed by atoms with van der Waals surface area (Å²) < 4.78 is 0. The summed E-state index contributed by atoms with van der Waals surface area (Å²) in [5.41, 5.74) is 11.9. The van der Waals surface area contributed by atoms with Gasteiger partial charge in [0.25, 0.3) is 0 Å². The molecule has 0 amide bonds. The number of fused-ring (bicyclic) bond motifs is 11. The molecule has 0 saturated heterocycles. The van der Waals surface area contributed by atoms with Crippen LogP contribution in [0, 0.1) is 6.57 Å². The van der Waals surface area contributed by atoms with Gasteiger partial charge in [-0.2, -0.15) is 0 Å². The summed E-state index contributed by atoms with van der Waals surface area (Å²) >= 11 is 0. The Bertz CT molecular complexity index is 2570. The largest absolute Gasteiger partial charge is 0.256 e. The van der Waals surface area contributed by atoms with E-state index in [1.54, 1.807) is 0 Å². The molecule has 6 aromatic carbocycles. The Kier molecular flexibility index (Phi) is 5.31. The van der Waals surface area contributed by atoms with Gasteiger partial charge in [-0.05, 0) is 57.0 Å². The fourth-order valence-corrected chi connectivity index (χ4v) is 7.49. The molecule has 3 heteroatoms. The van der Waals surface area contributed by atoms with Crippen LogP contribution < -0.4 is 0 Å². The Balaban J connectivity index is 1.23. The van der Waals surface area contributed by atoms with Crippen molar-refractivity contribution < 1.29 is 0 Å². The number of rotatable bonds is 2. The third-order valence-corrected chi connectivity index (χ3v) is 9.70. The van der Waals surface area contributed by atoms with Gasteiger partial charge >= 0.3 is 0 Å². The summed E-state index contributed by atoms with van der Waals surface area (Å²) in [5, 5.41) is 6.98. The van der Waals surface area contributed by atoms with Crippen LogP contribution in [0.1, 0.15) is 25.0 Å². The molecule has 0 radical (unpaired) electrons. The van der Waals surface area contributed by atoms with Crippen molar-refractivity contribution in [1.29, 1.82) is 0 Å². The van der Waals surface area contributed by atoms with Crippen molar-refractivity contribution in [2.45, 2.75) is 19.3 Å². The topological polar surface area (TPSA) is 30.1 Å². The second kappa shape index (κ2) is 9.32. The number of pyridine rings is 2. The van der Waals surface area contributed by atoms with Gasteiger partial charge in [-0.1, -0.05) is 117 Å². The van der Waals surface area contributed by atoms with E-state index >= 15 is 0 Å². The maximum atomic E-state index is 7.50. The summed E-state index contributed by atoms with van der Waals surface area (Å²) in [6, 6.07) is 43.0. The number of nitrogens with zero attached hydrogens (tertiary/aromatic N) is 3. The van der Waals surface area contributed by atoms with E-state index < -0.39 is 0 Å². The van der Waals surface area contributed by atoms with Crippen molar-refractivity contribution >= 4 is 49.0 Å². The number of hydrogen-bond donors (Lipinski definition) is 0. The van der Waals surface area contributed by atoms with Crippen LogP contribution in [0.2, 0.25) is 0 Å². The lowest BCUT2D eigenvalue weighted by Crippen LogP contribution is -2.14. The molecule has 0 bridgehead atoms.